The molecule has 0 amide bonds. The van der Waals surface area contributed by atoms with Crippen LogP contribution in [0.1, 0.15) is 12.8 Å². The summed E-state index contributed by atoms with van der Waals surface area (Å²) in [5, 5.41) is 9.10. The first-order chi connectivity index (χ1) is 5.59. The molecule has 1 aliphatic rings. The van der Waals surface area contributed by atoms with Crippen molar-refractivity contribution in [3.8, 4) is 0 Å². The average Bonchev–Trinajstić information content (AvgIpc) is 1.96. The third-order valence-electron chi connectivity index (χ3n) is 1.85. The molecule has 0 radical (unpaired) electrons. The second-order valence-corrected chi connectivity index (χ2v) is 2.76. The van der Waals surface area contributed by atoms with Crippen LogP contribution in [0.15, 0.2) is 0 Å². The largest absolute Gasteiger partial charge is 0.300 e. The Morgan fingerprint density at radius 3 is 3.00 bits per heavy atom. The lowest BCUT2D eigenvalue weighted by atomic mass is 10.1. The molecule has 0 saturated carbocycles. The first-order valence-electron chi connectivity index (χ1n) is 3.62. The monoisotopic (exact) mass is 174 g/mol. The van der Waals surface area contributed by atoms with Gasteiger partial charge in [-0.05, 0) is 7.05 Å². The van der Waals surface area contributed by atoms with Crippen LogP contribution < -0.4 is 0 Å². The Balaban J connectivity index is 2.49. The summed E-state index contributed by atoms with van der Waals surface area (Å²) in [6, 6.07) is 0. The molecule has 0 spiro atoms. The Labute approximate surface area is 69.2 Å². The summed E-state index contributed by atoms with van der Waals surface area (Å²) in [7, 11) is 1.70. The molecule has 0 aromatic rings. The van der Waals surface area contributed by atoms with E-state index in [-0.39, 0.29) is 12.2 Å². The predicted molar refractivity (Wildman–Crippen MR) is 38.7 cm³/mol. The summed E-state index contributed by atoms with van der Waals surface area (Å²) in [5.41, 5.74) is 0. The highest BCUT2D eigenvalue weighted by atomic mass is 17.0. The van der Waals surface area contributed by atoms with Gasteiger partial charge >= 0.3 is 0 Å². The lowest BCUT2D eigenvalue weighted by Gasteiger charge is -2.29. The smallest absolute Gasteiger partial charge is 0.296 e. The topological polar surface area (TPSA) is 72.7 Å². The molecular formula is C6H10N2O4. The molecule has 1 heterocycles. The fraction of sp³-hybridized carbons (Fsp3) is 0.833. The van der Waals surface area contributed by atoms with Gasteiger partial charge in [-0.3, -0.25) is 14.5 Å². The molecular weight excluding hydrogens is 164 g/mol. The molecule has 1 aliphatic heterocycles. The molecule has 1 rings (SSSR count). The lowest BCUT2D eigenvalue weighted by Crippen LogP contribution is -2.42. The van der Waals surface area contributed by atoms with Crippen LogP contribution in [0.4, 0.5) is 0 Å². The Bertz CT molecular complexity index is 204. The summed E-state index contributed by atoms with van der Waals surface area (Å²) in [4.78, 5) is 26.8. The van der Waals surface area contributed by atoms with Crippen LogP contribution in [0.3, 0.4) is 0 Å². The van der Waals surface area contributed by atoms with Gasteiger partial charge in [-0.1, -0.05) is 0 Å². The fourth-order valence-corrected chi connectivity index (χ4v) is 1.11. The van der Waals surface area contributed by atoms with Gasteiger partial charge in [-0.15, -0.1) is 10.1 Å². The van der Waals surface area contributed by atoms with Gasteiger partial charge in [-0.25, -0.2) is 0 Å². The minimum Gasteiger partial charge on any atom is -0.300 e. The van der Waals surface area contributed by atoms with Crippen molar-refractivity contribution < 1.29 is 14.7 Å². The van der Waals surface area contributed by atoms with Crippen molar-refractivity contribution in [2.75, 3.05) is 13.6 Å². The number of likely N-dealkylation sites (tertiary alicyclic amines) is 1. The van der Waals surface area contributed by atoms with Gasteiger partial charge in [0.05, 0.1) is 0 Å². The number of carbonyl (C=O) groups excluding carboxylic acids is 1. The number of ketones is 1. The first kappa shape index (κ1) is 8.92. The predicted octanol–water partition coefficient (Wildman–Crippen LogP) is -0.184. The van der Waals surface area contributed by atoms with E-state index in [0.29, 0.717) is 13.0 Å². The zero-order chi connectivity index (χ0) is 9.14. The molecule has 6 nitrogen and oxygen atoms in total. The molecule has 0 aromatic heterocycles. The Hall–Kier alpha value is -1.17. The van der Waals surface area contributed by atoms with Crippen molar-refractivity contribution in [1.82, 2.24) is 4.90 Å². The number of rotatable bonds is 2. The van der Waals surface area contributed by atoms with Crippen LogP contribution >= 0.6 is 0 Å². The zero-order valence-corrected chi connectivity index (χ0v) is 6.73. The molecule has 12 heavy (non-hydrogen) atoms. The van der Waals surface area contributed by atoms with Crippen molar-refractivity contribution in [3.05, 3.63) is 10.1 Å². The maximum absolute atomic E-state index is 10.9. The van der Waals surface area contributed by atoms with Gasteiger partial charge in [0.15, 0.2) is 6.23 Å². The van der Waals surface area contributed by atoms with Crippen LogP contribution in [-0.2, 0) is 9.63 Å². The highest BCUT2D eigenvalue weighted by molar-refractivity contribution is 5.79. The Kier molecular flexibility index (Phi) is 2.59. The van der Waals surface area contributed by atoms with Gasteiger partial charge in [0.1, 0.15) is 5.78 Å². The Morgan fingerprint density at radius 2 is 2.42 bits per heavy atom. The standard InChI is InChI=1S/C6H10N2O4/c1-7-3-2-5(9)4-6(7)12-8(10)11/h6H,2-4H2,1H3. The second kappa shape index (κ2) is 3.48. The third kappa shape index (κ3) is 2.16. The molecule has 1 unspecified atom stereocenters. The highest BCUT2D eigenvalue weighted by Gasteiger charge is 2.26. The molecule has 0 N–H and O–H groups in total. The van der Waals surface area contributed by atoms with Crippen LogP contribution in [0.5, 0.6) is 0 Å². The molecule has 0 aromatic carbocycles. The van der Waals surface area contributed by atoms with Crippen molar-refractivity contribution in [3.63, 3.8) is 0 Å². The molecule has 1 atom stereocenters. The Morgan fingerprint density at radius 1 is 1.75 bits per heavy atom. The van der Waals surface area contributed by atoms with Gasteiger partial charge in [0, 0.05) is 19.4 Å². The molecule has 1 fully saturated rings. The van der Waals surface area contributed by atoms with E-state index in [1.54, 1.807) is 11.9 Å². The summed E-state index contributed by atoms with van der Waals surface area (Å²) in [6.07, 6.45) is -0.132. The van der Waals surface area contributed by atoms with Crippen LogP contribution in [0.25, 0.3) is 0 Å². The van der Waals surface area contributed by atoms with E-state index in [1.165, 1.54) is 0 Å². The SMILES string of the molecule is CN1CCC(=O)CC1O[N+](=O)[O-]. The maximum Gasteiger partial charge on any atom is 0.296 e. The minimum absolute atomic E-state index is 0.0138. The van der Waals surface area contributed by atoms with Gasteiger partial charge in [0.25, 0.3) is 5.09 Å². The normalized spacial score (nSPS) is 25.4. The number of carbonyl (C=O) groups is 1. The average molecular weight is 174 g/mol. The fourth-order valence-electron chi connectivity index (χ4n) is 1.11. The molecule has 0 aliphatic carbocycles. The lowest BCUT2D eigenvalue weighted by molar-refractivity contribution is -0.774. The van der Waals surface area contributed by atoms with Crippen molar-refractivity contribution in [2.24, 2.45) is 0 Å². The number of hydrogen-bond donors (Lipinski definition) is 0. The molecule has 0 bridgehead atoms. The summed E-state index contributed by atoms with van der Waals surface area (Å²) in [5.74, 6) is 0.0138. The van der Waals surface area contributed by atoms with Crippen LogP contribution in [0.2, 0.25) is 0 Å². The van der Waals surface area contributed by atoms with Gasteiger partial charge < -0.3 is 0 Å². The van der Waals surface area contributed by atoms with E-state index < -0.39 is 11.3 Å². The van der Waals surface area contributed by atoms with Crippen LogP contribution in [-0.4, -0.2) is 35.6 Å². The second-order valence-electron chi connectivity index (χ2n) is 2.76. The summed E-state index contributed by atoms with van der Waals surface area (Å²) >= 11 is 0. The van der Waals surface area contributed by atoms with Crippen LogP contribution in [0, 0.1) is 10.1 Å². The first-order valence-corrected chi connectivity index (χ1v) is 3.62. The number of hydrogen-bond acceptors (Lipinski definition) is 5. The third-order valence-corrected chi connectivity index (χ3v) is 1.85. The van der Waals surface area contributed by atoms with E-state index in [4.69, 9.17) is 0 Å². The van der Waals surface area contributed by atoms with E-state index in [0.717, 1.165) is 0 Å². The number of Topliss-reactive ketones (excluding diaryl/α,β-unsaturated/α-hetero) is 1. The highest BCUT2D eigenvalue weighted by Crippen LogP contribution is 2.12. The maximum atomic E-state index is 10.9. The van der Waals surface area contributed by atoms with E-state index in [1.807, 2.05) is 0 Å². The number of piperidine rings is 1. The molecule has 6 heteroatoms. The van der Waals surface area contributed by atoms with Crippen molar-refractivity contribution in [2.45, 2.75) is 19.1 Å². The van der Waals surface area contributed by atoms with E-state index >= 15 is 0 Å². The zero-order valence-electron chi connectivity index (χ0n) is 6.73. The molecule has 68 valence electrons. The van der Waals surface area contributed by atoms with Gasteiger partial charge in [0.2, 0.25) is 0 Å². The van der Waals surface area contributed by atoms with Crippen molar-refractivity contribution in [1.29, 1.82) is 0 Å². The number of nitrogens with zero attached hydrogens (tertiary/aromatic N) is 2. The van der Waals surface area contributed by atoms with E-state index in [9.17, 15) is 14.9 Å². The van der Waals surface area contributed by atoms with Gasteiger partial charge in [-0.2, -0.15) is 0 Å². The van der Waals surface area contributed by atoms with Crippen molar-refractivity contribution >= 4 is 5.78 Å². The van der Waals surface area contributed by atoms with E-state index in [2.05, 4.69) is 4.84 Å². The summed E-state index contributed by atoms with van der Waals surface area (Å²) < 4.78 is 0. The summed E-state index contributed by atoms with van der Waals surface area (Å²) in [6.45, 7) is 0.525. The minimum atomic E-state index is -0.861. The molecule has 1 saturated heterocycles. The quantitative estimate of drug-likeness (QED) is 0.428.